The van der Waals surface area contributed by atoms with Crippen molar-refractivity contribution < 1.29 is 29.3 Å². The van der Waals surface area contributed by atoms with Crippen LogP contribution in [0.2, 0.25) is 0 Å². The van der Waals surface area contributed by atoms with E-state index in [1.165, 1.54) is 42.5 Å². The van der Waals surface area contributed by atoms with Crippen LogP contribution >= 0.6 is 0 Å². The zero-order valence-corrected chi connectivity index (χ0v) is 15.4. The first kappa shape index (κ1) is 19.5. The molecule has 0 spiro atoms. The van der Waals surface area contributed by atoms with Gasteiger partial charge in [-0.1, -0.05) is 6.07 Å². The Bertz CT molecular complexity index is 1290. The summed E-state index contributed by atoms with van der Waals surface area (Å²) < 4.78 is 5.49. The molecule has 0 saturated heterocycles. The summed E-state index contributed by atoms with van der Waals surface area (Å²) in [5.74, 6) is -1.62. The smallest absolute Gasteiger partial charge is 0.318 e. The van der Waals surface area contributed by atoms with Crippen LogP contribution in [0.4, 0.5) is 17.1 Å². The number of anilines is 1. The summed E-state index contributed by atoms with van der Waals surface area (Å²) in [4.78, 5) is 46.9. The molecule has 3 aromatic carbocycles. The van der Waals surface area contributed by atoms with Crippen LogP contribution in [0.3, 0.4) is 0 Å². The Morgan fingerprint density at radius 1 is 0.839 bits per heavy atom. The van der Waals surface area contributed by atoms with Crippen molar-refractivity contribution in [2.45, 2.75) is 0 Å². The van der Waals surface area contributed by atoms with E-state index in [-0.39, 0.29) is 34.1 Å². The molecular weight excluding hydrogens is 410 g/mol. The minimum absolute atomic E-state index is 0.00964. The van der Waals surface area contributed by atoms with Gasteiger partial charge in [-0.2, -0.15) is 0 Å². The molecule has 0 unspecified atom stereocenters. The SMILES string of the molecule is O=C1c2ccc(Oc3ccc([N+](=O)[O-])cc3[N+](=O)[O-])cc2C(=O)N1c1cccc(O)c1. The lowest BCUT2D eigenvalue weighted by atomic mass is 10.1. The van der Waals surface area contributed by atoms with Crippen molar-refractivity contribution in [3.63, 3.8) is 0 Å². The van der Waals surface area contributed by atoms with Gasteiger partial charge in [0.25, 0.3) is 17.5 Å². The quantitative estimate of drug-likeness (QED) is 0.371. The molecule has 1 N–H and O–H groups in total. The van der Waals surface area contributed by atoms with Gasteiger partial charge >= 0.3 is 5.69 Å². The number of ether oxygens (including phenoxy) is 1. The fraction of sp³-hybridized carbons (Fsp3) is 0. The van der Waals surface area contributed by atoms with E-state index in [0.29, 0.717) is 0 Å². The number of amides is 2. The van der Waals surface area contributed by atoms with Crippen LogP contribution in [0, 0.1) is 20.2 Å². The van der Waals surface area contributed by atoms with E-state index in [4.69, 9.17) is 4.74 Å². The molecular formula is C20H11N3O8. The highest BCUT2D eigenvalue weighted by atomic mass is 16.6. The molecule has 1 aliphatic rings. The zero-order chi connectivity index (χ0) is 22.3. The standard InChI is InChI=1S/C20H11N3O8/c24-13-3-1-2-11(8-13)21-19(25)15-6-5-14(10-16(15)20(21)26)31-18-7-4-12(22(27)28)9-17(18)23(29)30/h1-10,24H. The van der Waals surface area contributed by atoms with E-state index in [2.05, 4.69) is 0 Å². The maximum absolute atomic E-state index is 12.8. The van der Waals surface area contributed by atoms with Crippen molar-refractivity contribution in [3.05, 3.63) is 92.0 Å². The van der Waals surface area contributed by atoms with E-state index in [0.717, 1.165) is 23.1 Å². The van der Waals surface area contributed by atoms with Crippen molar-refractivity contribution in [1.29, 1.82) is 0 Å². The maximum atomic E-state index is 12.8. The second-order valence-electron chi connectivity index (χ2n) is 6.44. The average Bonchev–Trinajstić information content (AvgIpc) is 2.98. The Hall–Kier alpha value is -4.80. The summed E-state index contributed by atoms with van der Waals surface area (Å²) in [6.45, 7) is 0. The number of carbonyl (C=O) groups excluding carboxylic acids is 2. The molecule has 11 heteroatoms. The van der Waals surface area contributed by atoms with Crippen molar-refractivity contribution >= 4 is 28.9 Å². The van der Waals surface area contributed by atoms with Crippen LogP contribution in [0.5, 0.6) is 17.2 Å². The van der Waals surface area contributed by atoms with E-state index in [9.17, 15) is 34.9 Å². The van der Waals surface area contributed by atoms with Gasteiger partial charge in [0.2, 0.25) is 5.75 Å². The highest BCUT2D eigenvalue weighted by Crippen LogP contribution is 2.37. The number of nitro groups is 2. The third-order valence-electron chi connectivity index (χ3n) is 4.52. The fourth-order valence-electron chi connectivity index (χ4n) is 3.13. The predicted molar refractivity (Wildman–Crippen MR) is 106 cm³/mol. The van der Waals surface area contributed by atoms with Gasteiger partial charge in [0.15, 0.2) is 0 Å². The van der Waals surface area contributed by atoms with Crippen molar-refractivity contribution in [3.8, 4) is 17.2 Å². The molecule has 0 atom stereocenters. The van der Waals surface area contributed by atoms with E-state index >= 15 is 0 Å². The monoisotopic (exact) mass is 421 g/mol. The highest BCUT2D eigenvalue weighted by Gasteiger charge is 2.37. The van der Waals surface area contributed by atoms with Gasteiger partial charge in [-0.15, -0.1) is 0 Å². The Kier molecular flexibility index (Phi) is 4.55. The first-order chi connectivity index (χ1) is 14.8. The summed E-state index contributed by atoms with van der Waals surface area (Å²) in [6.07, 6.45) is 0. The third-order valence-corrected chi connectivity index (χ3v) is 4.52. The Morgan fingerprint density at radius 2 is 1.58 bits per heavy atom. The predicted octanol–water partition coefficient (Wildman–Crippen LogP) is 3.80. The number of aromatic hydroxyl groups is 1. The number of hydrogen-bond acceptors (Lipinski definition) is 8. The molecule has 4 rings (SSSR count). The summed E-state index contributed by atoms with van der Waals surface area (Å²) >= 11 is 0. The molecule has 1 heterocycles. The van der Waals surface area contributed by atoms with Crippen LogP contribution < -0.4 is 9.64 Å². The maximum Gasteiger partial charge on any atom is 0.318 e. The van der Waals surface area contributed by atoms with Crippen LogP contribution in [0.25, 0.3) is 0 Å². The topological polar surface area (TPSA) is 153 Å². The Labute approximate surface area is 173 Å². The molecule has 1 aliphatic heterocycles. The number of non-ortho nitro benzene ring substituents is 1. The number of nitrogens with zero attached hydrogens (tertiary/aromatic N) is 3. The molecule has 3 aromatic rings. The first-order valence-electron chi connectivity index (χ1n) is 8.69. The first-order valence-corrected chi connectivity index (χ1v) is 8.69. The normalized spacial score (nSPS) is 12.6. The largest absolute Gasteiger partial charge is 0.508 e. The fourth-order valence-corrected chi connectivity index (χ4v) is 3.13. The van der Waals surface area contributed by atoms with Gasteiger partial charge in [0.1, 0.15) is 11.5 Å². The number of nitro benzene ring substituents is 2. The number of benzene rings is 3. The molecule has 2 amide bonds. The van der Waals surface area contributed by atoms with E-state index < -0.39 is 33.0 Å². The summed E-state index contributed by atoms with van der Waals surface area (Å²) in [5.41, 5.74) is -0.817. The van der Waals surface area contributed by atoms with E-state index in [1.54, 1.807) is 0 Å². The lowest BCUT2D eigenvalue weighted by Crippen LogP contribution is -2.29. The summed E-state index contributed by atoms with van der Waals surface area (Å²) in [7, 11) is 0. The van der Waals surface area contributed by atoms with Crippen LogP contribution in [-0.2, 0) is 0 Å². The molecule has 31 heavy (non-hydrogen) atoms. The van der Waals surface area contributed by atoms with E-state index in [1.807, 2.05) is 0 Å². The summed E-state index contributed by atoms with van der Waals surface area (Å²) in [6, 6.07) is 12.5. The van der Waals surface area contributed by atoms with Gasteiger partial charge in [-0.3, -0.25) is 29.8 Å². The van der Waals surface area contributed by atoms with Crippen molar-refractivity contribution in [2.75, 3.05) is 4.90 Å². The molecule has 0 saturated carbocycles. The molecule has 0 radical (unpaired) electrons. The molecule has 0 aliphatic carbocycles. The second-order valence-corrected chi connectivity index (χ2v) is 6.44. The number of hydrogen-bond donors (Lipinski definition) is 1. The molecule has 154 valence electrons. The van der Waals surface area contributed by atoms with Crippen LogP contribution in [-0.4, -0.2) is 26.8 Å². The summed E-state index contributed by atoms with van der Waals surface area (Å²) in [5, 5.41) is 31.8. The molecule has 11 nitrogen and oxygen atoms in total. The minimum atomic E-state index is -0.825. The molecule has 0 aromatic heterocycles. The van der Waals surface area contributed by atoms with Gasteiger partial charge in [0, 0.05) is 12.1 Å². The third kappa shape index (κ3) is 3.40. The van der Waals surface area contributed by atoms with Gasteiger partial charge in [-0.05, 0) is 36.4 Å². The molecule has 0 bridgehead atoms. The van der Waals surface area contributed by atoms with Gasteiger partial charge in [0.05, 0.1) is 32.7 Å². The lowest BCUT2D eigenvalue weighted by molar-refractivity contribution is -0.394. The Balaban J connectivity index is 1.69. The number of phenolic OH excluding ortho intramolecular Hbond substituents is 1. The number of phenols is 1. The highest BCUT2D eigenvalue weighted by molar-refractivity contribution is 6.34. The van der Waals surface area contributed by atoms with Crippen molar-refractivity contribution in [2.24, 2.45) is 0 Å². The lowest BCUT2D eigenvalue weighted by Gasteiger charge is -2.13. The Morgan fingerprint density at radius 3 is 2.26 bits per heavy atom. The zero-order valence-electron chi connectivity index (χ0n) is 15.4. The van der Waals surface area contributed by atoms with Gasteiger partial charge < -0.3 is 9.84 Å². The van der Waals surface area contributed by atoms with Crippen LogP contribution in [0.1, 0.15) is 20.7 Å². The average molecular weight is 421 g/mol. The van der Waals surface area contributed by atoms with Crippen molar-refractivity contribution in [1.82, 2.24) is 0 Å². The molecule has 0 fully saturated rings. The number of carbonyl (C=O) groups is 2. The number of imide groups is 1. The number of rotatable bonds is 5. The minimum Gasteiger partial charge on any atom is -0.508 e. The van der Waals surface area contributed by atoms with Gasteiger partial charge in [-0.25, -0.2) is 4.90 Å². The van der Waals surface area contributed by atoms with Crippen LogP contribution in [0.15, 0.2) is 60.7 Å². The second kappa shape index (κ2) is 7.22. The number of fused-ring (bicyclic) bond motifs is 1.